The predicted molar refractivity (Wildman–Crippen MR) is 109 cm³/mol. The van der Waals surface area contributed by atoms with Crippen molar-refractivity contribution in [3.05, 3.63) is 58.2 Å². The Kier molecular flexibility index (Phi) is 6.72. The van der Waals surface area contributed by atoms with E-state index in [4.69, 9.17) is 0 Å². The molecule has 1 aliphatic heterocycles. The smallest absolute Gasteiger partial charge is 0.365 e. The molecule has 0 saturated carbocycles. The van der Waals surface area contributed by atoms with Crippen LogP contribution in [0.15, 0.2) is 4.90 Å². The first-order valence-electron chi connectivity index (χ1n) is 10.3. The number of hydrogen-bond donors (Lipinski definition) is 0. The molecule has 35 heavy (non-hydrogen) atoms. The van der Waals surface area contributed by atoms with Crippen LogP contribution in [0.25, 0.3) is 0 Å². The van der Waals surface area contributed by atoms with Crippen molar-refractivity contribution in [3.63, 3.8) is 0 Å². The summed E-state index contributed by atoms with van der Waals surface area (Å²) in [5, 5.41) is 0. The molecule has 1 aliphatic rings. The van der Waals surface area contributed by atoms with Gasteiger partial charge in [0, 0.05) is 13.0 Å². The molecule has 0 bridgehead atoms. The van der Waals surface area contributed by atoms with Crippen molar-refractivity contribution in [3.8, 4) is 0 Å². The summed E-state index contributed by atoms with van der Waals surface area (Å²) in [6, 6.07) is -1.50. The standard InChI is InChI=1S/C21H18BF10N3/c1-7(2)34-6-35(8(3)4)22(33-9(34)5,10-12(23)16(27)20(31)17(28)13(10)24)11-14(25)18(29)21(32)19(30)15(11)26/h6-8H,1-5H3. The first-order valence-corrected chi connectivity index (χ1v) is 10.3. The van der Waals surface area contributed by atoms with Crippen LogP contribution in [-0.4, -0.2) is 40.1 Å². The van der Waals surface area contributed by atoms with Gasteiger partial charge < -0.3 is 9.39 Å². The van der Waals surface area contributed by atoms with Crippen LogP contribution in [0.2, 0.25) is 0 Å². The fraction of sp³-hybridized carbons (Fsp3) is 0.333. The van der Waals surface area contributed by atoms with Gasteiger partial charge in [0.15, 0.2) is 41.2 Å². The molecule has 0 N–H and O–H groups in total. The minimum Gasteiger partial charge on any atom is -0.433 e. The predicted octanol–water partition coefficient (Wildman–Crippen LogP) is 4.23. The second-order valence-corrected chi connectivity index (χ2v) is 8.58. The van der Waals surface area contributed by atoms with Crippen LogP contribution in [0.3, 0.4) is 0 Å². The SMILES string of the molecule is CC1=N[B-](c2c(F)c(F)c(F)c(F)c2F)(c2c(F)c(F)c(F)c(F)c2F)[N+](C(C)C)=CN1C(C)C. The summed E-state index contributed by atoms with van der Waals surface area (Å²) in [6.45, 7) is 7.03. The highest BCUT2D eigenvalue weighted by molar-refractivity contribution is 6.96. The summed E-state index contributed by atoms with van der Waals surface area (Å²) in [7, 11) is 0. The highest BCUT2D eigenvalue weighted by atomic mass is 19.2. The minimum atomic E-state index is -4.40. The molecule has 0 amide bonds. The summed E-state index contributed by atoms with van der Waals surface area (Å²) in [6.07, 6.45) is -3.36. The third-order valence-electron chi connectivity index (χ3n) is 5.88. The van der Waals surface area contributed by atoms with Gasteiger partial charge in [-0.3, -0.25) is 0 Å². The zero-order chi connectivity index (χ0) is 26.7. The lowest BCUT2D eigenvalue weighted by Gasteiger charge is -2.45. The molecule has 14 heteroatoms. The van der Waals surface area contributed by atoms with Gasteiger partial charge in [0.25, 0.3) is 0 Å². The van der Waals surface area contributed by atoms with E-state index < -0.39 is 87.6 Å². The Morgan fingerprint density at radius 1 is 0.629 bits per heavy atom. The van der Waals surface area contributed by atoms with Crippen LogP contribution in [0.5, 0.6) is 0 Å². The molecule has 3 rings (SSSR count). The van der Waals surface area contributed by atoms with Crippen molar-refractivity contribution in [2.75, 3.05) is 0 Å². The van der Waals surface area contributed by atoms with E-state index in [2.05, 4.69) is 4.90 Å². The maximum atomic E-state index is 15.1. The van der Waals surface area contributed by atoms with E-state index in [0.29, 0.717) is 0 Å². The van der Waals surface area contributed by atoms with Gasteiger partial charge in [-0.15, -0.1) is 0 Å². The second kappa shape index (κ2) is 8.87. The Labute approximate surface area is 193 Å². The molecule has 0 fully saturated rings. The number of nitrogens with zero attached hydrogens (tertiary/aromatic N) is 3. The molecule has 2 aromatic rings. The van der Waals surface area contributed by atoms with Crippen molar-refractivity contribution in [1.29, 1.82) is 0 Å². The quantitative estimate of drug-likeness (QED) is 0.259. The molecule has 0 aliphatic carbocycles. The van der Waals surface area contributed by atoms with Crippen molar-refractivity contribution in [1.82, 2.24) is 4.90 Å². The third kappa shape index (κ3) is 3.68. The van der Waals surface area contributed by atoms with Crippen LogP contribution in [-0.2, 0) is 0 Å². The Morgan fingerprint density at radius 3 is 1.23 bits per heavy atom. The fourth-order valence-corrected chi connectivity index (χ4v) is 4.32. The molecule has 190 valence electrons. The lowest BCUT2D eigenvalue weighted by molar-refractivity contribution is -0.434. The molecule has 0 spiro atoms. The monoisotopic (exact) mass is 513 g/mol. The number of amidine groups is 1. The van der Waals surface area contributed by atoms with Crippen LogP contribution in [0.1, 0.15) is 34.6 Å². The number of halogens is 10. The van der Waals surface area contributed by atoms with Gasteiger partial charge in [-0.25, -0.2) is 48.8 Å². The van der Waals surface area contributed by atoms with Gasteiger partial charge in [-0.1, -0.05) is 10.9 Å². The minimum absolute atomic E-state index is 0.246. The molecule has 0 radical (unpaired) electrons. The third-order valence-corrected chi connectivity index (χ3v) is 5.88. The first kappa shape index (κ1) is 26.5. The summed E-state index contributed by atoms with van der Waals surface area (Å²) >= 11 is 0. The lowest BCUT2D eigenvalue weighted by Crippen LogP contribution is -2.74. The molecular formula is C21H18BF10N3. The number of benzene rings is 2. The summed E-state index contributed by atoms with van der Waals surface area (Å²) in [4.78, 5) is 5.29. The van der Waals surface area contributed by atoms with Crippen molar-refractivity contribution < 1.29 is 48.4 Å². The maximum Gasteiger partial charge on any atom is 0.365 e. The number of rotatable bonds is 4. The average molecular weight is 513 g/mol. The Hall–Kier alpha value is -3.06. The summed E-state index contributed by atoms with van der Waals surface area (Å²) in [5.41, 5.74) is -3.70. The highest BCUT2D eigenvalue weighted by Crippen LogP contribution is 2.28. The fourth-order valence-electron chi connectivity index (χ4n) is 4.32. The van der Waals surface area contributed by atoms with Gasteiger partial charge in [0.2, 0.25) is 0 Å². The van der Waals surface area contributed by atoms with Crippen molar-refractivity contribution in [2.45, 2.75) is 46.7 Å². The van der Waals surface area contributed by atoms with Crippen LogP contribution < -0.4 is 10.9 Å². The summed E-state index contributed by atoms with van der Waals surface area (Å²) in [5.74, 6) is -25.4. The van der Waals surface area contributed by atoms with E-state index in [-0.39, 0.29) is 5.84 Å². The van der Waals surface area contributed by atoms with E-state index in [9.17, 15) is 26.3 Å². The van der Waals surface area contributed by atoms with E-state index in [0.717, 1.165) is 10.8 Å². The lowest BCUT2D eigenvalue weighted by atomic mass is 9.36. The maximum absolute atomic E-state index is 15.1. The largest absolute Gasteiger partial charge is 0.433 e. The molecule has 0 atom stereocenters. The van der Waals surface area contributed by atoms with Crippen molar-refractivity contribution >= 4 is 29.5 Å². The molecule has 0 aromatic heterocycles. The molecule has 0 saturated heterocycles. The highest BCUT2D eigenvalue weighted by Gasteiger charge is 2.52. The zero-order valence-corrected chi connectivity index (χ0v) is 18.9. The Bertz CT molecular complexity index is 1160. The Balaban J connectivity index is 2.72. The van der Waals surface area contributed by atoms with Gasteiger partial charge >= 0.3 is 6.42 Å². The van der Waals surface area contributed by atoms with E-state index in [1.54, 1.807) is 13.8 Å². The topological polar surface area (TPSA) is 18.6 Å². The van der Waals surface area contributed by atoms with Crippen LogP contribution >= 0.6 is 0 Å². The molecule has 3 nitrogen and oxygen atoms in total. The number of hydrogen-bond acceptors (Lipinski definition) is 2. The van der Waals surface area contributed by atoms with Crippen molar-refractivity contribution in [2.24, 2.45) is 4.90 Å². The second-order valence-electron chi connectivity index (χ2n) is 8.58. The molecule has 0 unspecified atom stereocenters. The van der Waals surface area contributed by atoms with E-state index in [1.165, 1.54) is 25.7 Å². The molecular weight excluding hydrogens is 495 g/mol. The van der Waals surface area contributed by atoms with E-state index >= 15 is 17.6 Å². The van der Waals surface area contributed by atoms with Gasteiger partial charge in [-0.05, 0) is 27.7 Å². The average Bonchev–Trinajstić information content (AvgIpc) is 2.78. The van der Waals surface area contributed by atoms with Gasteiger partial charge in [-0.2, -0.15) is 0 Å². The Morgan fingerprint density at radius 2 is 0.943 bits per heavy atom. The zero-order valence-electron chi connectivity index (χ0n) is 18.9. The molecule has 2 aromatic carbocycles. The normalized spacial score (nSPS) is 15.7. The van der Waals surface area contributed by atoms with Crippen LogP contribution in [0, 0.1) is 58.2 Å². The van der Waals surface area contributed by atoms with Gasteiger partial charge in [0.1, 0.15) is 29.1 Å². The molecule has 1 heterocycles. The summed E-state index contributed by atoms with van der Waals surface area (Å²) < 4.78 is 146. The van der Waals surface area contributed by atoms with E-state index in [1.807, 2.05) is 0 Å². The van der Waals surface area contributed by atoms with Crippen LogP contribution in [0.4, 0.5) is 43.9 Å². The van der Waals surface area contributed by atoms with Gasteiger partial charge in [0.05, 0.1) is 6.04 Å². The first-order chi connectivity index (χ1) is 16.1.